The highest BCUT2D eigenvalue weighted by atomic mass is 19.1. The van der Waals surface area contributed by atoms with Crippen molar-refractivity contribution in [2.75, 3.05) is 33.0 Å². The molecule has 10 nitrogen and oxygen atoms in total. The number of carbonyl (C=O) groups excluding carboxylic acids is 1. The number of hydrogen-bond acceptors (Lipinski definition) is 8. The van der Waals surface area contributed by atoms with Crippen molar-refractivity contribution in [3.63, 3.8) is 0 Å². The molecule has 1 saturated heterocycles. The number of ether oxygens (including phenoxy) is 3. The number of carbonyl (C=O) groups is 1. The molecule has 11 heteroatoms. The Morgan fingerprint density at radius 2 is 2.00 bits per heavy atom. The van der Waals surface area contributed by atoms with E-state index in [-0.39, 0.29) is 44.2 Å². The molecule has 0 saturated carbocycles. The maximum atomic E-state index is 13.6. The van der Waals surface area contributed by atoms with Crippen molar-refractivity contribution < 1.29 is 28.5 Å². The van der Waals surface area contributed by atoms with Gasteiger partial charge < -0.3 is 29.6 Å². The summed E-state index contributed by atoms with van der Waals surface area (Å²) in [5, 5.41) is 11.9. The molecule has 3 aromatic rings. The van der Waals surface area contributed by atoms with Crippen molar-refractivity contribution >= 4 is 5.91 Å². The molecule has 0 bridgehead atoms. The average molecular weight is 486 g/mol. The van der Waals surface area contributed by atoms with E-state index in [4.69, 9.17) is 19.3 Å². The number of hydrogen-bond donors (Lipinski definition) is 3. The van der Waals surface area contributed by atoms with Gasteiger partial charge in [0.1, 0.15) is 12.4 Å². The van der Waals surface area contributed by atoms with Gasteiger partial charge in [0.15, 0.2) is 5.82 Å². The fraction of sp³-hybridized carbons (Fsp3) is 0.417. The zero-order valence-electron chi connectivity index (χ0n) is 19.6. The SMILES string of the molecule is CCCNC(=O)C1(C)COC(c2nc(-c3ccc(F)cc3)c(-c3ccnc(OCCO)n3)[nH]2)OC1. The molecular formula is C24H28FN5O5. The highest BCUT2D eigenvalue weighted by molar-refractivity contribution is 5.82. The molecule has 0 spiro atoms. The molecule has 0 aliphatic carbocycles. The normalized spacial score (nSPS) is 19.9. The van der Waals surface area contributed by atoms with Gasteiger partial charge in [-0.05, 0) is 43.7 Å². The highest BCUT2D eigenvalue weighted by Crippen LogP contribution is 2.35. The minimum absolute atomic E-state index is 0.0524. The first kappa shape index (κ1) is 24.7. The zero-order chi connectivity index (χ0) is 24.8. The summed E-state index contributed by atoms with van der Waals surface area (Å²) in [5.74, 6) is -0.111. The van der Waals surface area contributed by atoms with Gasteiger partial charge in [-0.1, -0.05) is 6.92 Å². The Kier molecular flexibility index (Phi) is 7.69. The number of imidazole rings is 1. The summed E-state index contributed by atoms with van der Waals surface area (Å²) in [7, 11) is 0. The Morgan fingerprint density at radius 1 is 1.26 bits per heavy atom. The summed E-state index contributed by atoms with van der Waals surface area (Å²) in [6.07, 6.45) is 1.53. The standard InChI is InChI=1S/C24H28FN5O5/c1-3-9-26-22(32)24(2)13-34-21(35-14-24)20-29-18(15-4-6-16(25)7-5-15)19(30-20)17-8-10-27-23(28-17)33-12-11-31/h4-8,10,21,31H,3,9,11-14H2,1-2H3,(H,26,32)(H,29,30). The van der Waals surface area contributed by atoms with Crippen molar-refractivity contribution in [1.29, 1.82) is 0 Å². The molecule has 186 valence electrons. The van der Waals surface area contributed by atoms with E-state index in [2.05, 4.69) is 25.3 Å². The highest BCUT2D eigenvalue weighted by Gasteiger charge is 2.40. The molecule has 35 heavy (non-hydrogen) atoms. The molecular weight excluding hydrogens is 457 g/mol. The van der Waals surface area contributed by atoms with Crippen molar-refractivity contribution in [1.82, 2.24) is 25.3 Å². The summed E-state index contributed by atoms with van der Waals surface area (Å²) in [6, 6.07) is 7.68. The Balaban J connectivity index is 1.62. The van der Waals surface area contributed by atoms with E-state index in [0.717, 1.165) is 6.42 Å². The molecule has 1 amide bonds. The lowest BCUT2D eigenvalue weighted by Gasteiger charge is -2.35. The fourth-order valence-corrected chi connectivity index (χ4v) is 3.54. The van der Waals surface area contributed by atoms with Crippen LogP contribution >= 0.6 is 0 Å². The van der Waals surface area contributed by atoms with Gasteiger partial charge in [0.2, 0.25) is 12.2 Å². The summed E-state index contributed by atoms with van der Waals surface area (Å²) in [4.78, 5) is 28.8. The predicted molar refractivity (Wildman–Crippen MR) is 124 cm³/mol. The number of rotatable bonds is 9. The number of nitrogens with one attached hydrogen (secondary N) is 2. The lowest BCUT2D eigenvalue weighted by Crippen LogP contribution is -2.48. The predicted octanol–water partition coefficient (Wildman–Crippen LogP) is 2.62. The van der Waals surface area contributed by atoms with Crippen LogP contribution in [0.15, 0.2) is 36.5 Å². The first-order valence-corrected chi connectivity index (χ1v) is 11.4. The first-order chi connectivity index (χ1) is 16.9. The van der Waals surface area contributed by atoms with Crippen LogP contribution in [0.3, 0.4) is 0 Å². The Labute approximate surface area is 201 Å². The monoisotopic (exact) mass is 485 g/mol. The van der Waals surface area contributed by atoms with Crippen molar-refractivity contribution in [2.24, 2.45) is 5.41 Å². The van der Waals surface area contributed by atoms with Gasteiger partial charge in [0.25, 0.3) is 0 Å². The van der Waals surface area contributed by atoms with Gasteiger partial charge in [-0.15, -0.1) is 0 Å². The molecule has 4 rings (SSSR count). The molecule has 0 radical (unpaired) electrons. The van der Waals surface area contributed by atoms with Gasteiger partial charge in [-0.3, -0.25) is 4.79 Å². The number of benzene rings is 1. The zero-order valence-corrected chi connectivity index (χ0v) is 19.6. The molecule has 3 N–H and O–H groups in total. The topological polar surface area (TPSA) is 131 Å². The summed E-state index contributed by atoms with van der Waals surface area (Å²) >= 11 is 0. The number of halogens is 1. The number of amides is 1. The lowest BCUT2D eigenvalue weighted by molar-refractivity contribution is -0.231. The number of aromatic amines is 1. The number of aromatic nitrogens is 4. The van der Waals surface area contributed by atoms with Crippen LogP contribution < -0.4 is 10.1 Å². The second-order valence-corrected chi connectivity index (χ2v) is 8.42. The minimum Gasteiger partial charge on any atom is -0.461 e. The van der Waals surface area contributed by atoms with E-state index in [9.17, 15) is 9.18 Å². The fourth-order valence-electron chi connectivity index (χ4n) is 3.54. The van der Waals surface area contributed by atoms with Crippen LogP contribution in [0.25, 0.3) is 22.6 Å². The van der Waals surface area contributed by atoms with Crippen LogP contribution in [0.4, 0.5) is 4.39 Å². The second-order valence-electron chi connectivity index (χ2n) is 8.42. The number of H-pyrrole nitrogens is 1. The van der Waals surface area contributed by atoms with Gasteiger partial charge in [0, 0.05) is 18.3 Å². The van der Waals surface area contributed by atoms with Crippen LogP contribution in [-0.4, -0.2) is 63.9 Å². The minimum atomic E-state index is -0.832. The quantitative estimate of drug-likeness (QED) is 0.422. The van der Waals surface area contributed by atoms with Crippen molar-refractivity contribution in [3.05, 3.63) is 48.2 Å². The maximum Gasteiger partial charge on any atom is 0.317 e. The van der Waals surface area contributed by atoms with E-state index in [1.807, 2.05) is 6.92 Å². The summed E-state index contributed by atoms with van der Waals surface area (Å²) in [5.41, 5.74) is 1.36. The summed E-state index contributed by atoms with van der Waals surface area (Å²) < 4.78 is 30.7. The van der Waals surface area contributed by atoms with Gasteiger partial charge in [-0.25, -0.2) is 14.4 Å². The van der Waals surface area contributed by atoms with Gasteiger partial charge in [-0.2, -0.15) is 4.98 Å². The van der Waals surface area contributed by atoms with Crippen LogP contribution in [0.1, 0.15) is 32.4 Å². The molecule has 1 aliphatic rings. The lowest BCUT2D eigenvalue weighted by atomic mass is 9.91. The van der Waals surface area contributed by atoms with Crippen molar-refractivity contribution in [2.45, 2.75) is 26.6 Å². The molecule has 1 fully saturated rings. The molecule has 2 aromatic heterocycles. The smallest absolute Gasteiger partial charge is 0.317 e. The Hall–Kier alpha value is -3.41. The number of aliphatic hydroxyl groups excluding tert-OH is 1. The number of nitrogens with zero attached hydrogens (tertiary/aromatic N) is 3. The molecule has 1 aromatic carbocycles. The summed E-state index contributed by atoms with van der Waals surface area (Å²) in [6.45, 7) is 4.55. The molecule has 0 unspecified atom stereocenters. The van der Waals surface area contributed by atoms with E-state index in [0.29, 0.717) is 35.0 Å². The van der Waals surface area contributed by atoms with E-state index >= 15 is 0 Å². The third kappa shape index (κ3) is 5.64. The Bertz CT molecular complexity index is 1150. The Morgan fingerprint density at radius 3 is 2.69 bits per heavy atom. The van der Waals surface area contributed by atoms with Crippen LogP contribution in [-0.2, 0) is 14.3 Å². The van der Waals surface area contributed by atoms with Gasteiger partial charge >= 0.3 is 6.01 Å². The van der Waals surface area contributed by atoms with Crippen LogP contribution in [0, 0.1) is 11.2 Å². The third-order valence-corrected chi connectivity index (χ3v) is 5.47. The number of aliphatic hydroxyl groups is 1. The average Bonchev–Trinajstić information content (AvgIpc) is 3.32. The van der Waals surface area contributed by atoms with E-state index < -0.39 is 11.7 Å². The largest absolute Gasteiger partial charge is 0.461 e. The maximum absolute atomic E-state index is 13.6. The van der Waals surface area contributed by atoms with Gasteiger partial charge in [0.05, 0.1) is 42.3 Å². The molecule has 3 heterocycles. The van der Waals surface area contributed by atoms with Crippen LogP contribution in [0.5, 0.6) is 6.01 Å². The first-order valence-electron chi connectivity index (χ1n) is 11.4. The van der Waals surface area contributed by atoms with E-state index in [1.54, 1.807) is 25.1 Å². The molecule has 1 aliphatic heterocycles. The van der Waals surface area contributed by atoms with Crippen LogP contribution in [0.2, 0.25) is 0 Å². The van der Waals surface area contributed by atoms with E-state index in [1.165, 1.54) is 18.3 Å². The third-order valence-electron chi connectivity index (χ3n) is 5.47. The van der Waals surface area contributed by atoms with Crippen molar-refractivity contribution in [3.8, 4) is 28.7 Å². The second kappa shape index (κ2) is 10.9. The molecule has 0 atom stereocenters.